The van der Waals surface area contributed by atoms with Crippen LogP contribution in [-0.4, -0.2) is 24.1 Å². The highest BCUT2D eigenvalue weighted by molar-refractivity contribution is 7.99. The Kier molecular flexibility index (Phi) is 8.12. The van der Waals surface area contributed by atoms with E-state index in [0.717, 1.165) is 28.1 Å². The number of thioether (sulfide) groups is 1. The van der Waals surface area contributed by atoms with Gasteiger partial charge in [0, 0.05) is 22.6 Å². The number of ketones is 1. The van der Waals surface area contributed by atoms with E-state index in [4.69, 9.17) is 4.74 Å². The van der Waals surface area contributed by atoms with Crippen molar-refractivity contribution in [2.45, 2.75) is 46.3 Å². The van der Waals surface area contributed by atoms with E-state index >= 15 is 0 Å². The third-order valence-corrected chi connectivity index (χ3v) is 5.43. The molecule has 5 heteroatoms. The van der Waals surface area contributed by atoms with Crippen LogP contribution in [0.5, 0.6) is 5.75 Å². The highest BCUT2D eigenvalue weighted by atomic mass is 32.2. The summed E-state index contributed by atoms with van der Waals surface area (Å²) in [6.07, 6.45) is 0. The molecule has 0 fully saturated rings. The molecule has 2 rings (SSSR count). The summed E-state index contributed by atoms with van der Waals surface area (Å²) in [5, 5.41) is 3.07. The molecule has 28 heavy (non-hydrogen) atoms. The number of amides is 1. The number of rotatable bonds is 9. The lowest BCUT2D eigenvalue weighted by Crippen LogP contribution is -2.16. The van der Waals surface area contributed by atoms with Crippen LogP contribution in [0.25, 0.3) is 0 Å². The first-order chi connectivity index (χ1) is 13.3. The Hall–Kier alpha value is -2.27. The van der Waals surface area contributed by atoms with E-state index in [1.165, 1.54) is 11.8 Å². The third-order valence-electron chi connectivity index (χ3n) is 4.45. The summed E-state index contributed by atoms with van der Waals surface area (Å²) < 4.78 is 5.66. The number of anilines is 1. The predicted octanol–water partition coefficient (Wildman–Crippen LogP) is 5.59. The summed E-state index contributed by atoms with van der Waals surface area (Å²) in [6.45, 7) is 10.3. The Morgan fingerprint density at radius 1 is 1.18 bits per heavy atom. The Balaban J connectivity index is 2.03. The number of carbonyl (C=O) groups excluding carboxylic acids is 2. The van der Waals surface area contributed by atoms with Gasteiger partial charge in [0.1, 0.15) is 5.75 Å². The molecule has 0 aliphatic heterocycles. The van der Waals surface area contributed by atoms with Gasteiger partial charge in [-0.2, -0.15) is 0 Å². The monoisotopic (exact) mass is 399 g/mol. The fourth-order valence-corrected chi connectivity index (χ4v) is 3.78. The molecule has 0 spiro atoms. The average Bonchev–Trinajstić information content (AvgIpc) is 2.64. The molecule has 0 saturated heterocycles. The van der Waals surface area contributed by atoms with E-state index < -0.39 is 0 Å². The molecule has 150 valence electrons. The predicted molar refractivity (Wildman–Crippen MR) is 118 cm³/mol. The maximum atomic E-state index is 12.5. The van der Waals surface area contributed by atoms with Crippen LogP contribution in [0.15, 0.2) is 36.4 Å². The van der Waals surface area contributed by atoms with Gasteiger partial charge in [0.25, 0.3) is 0 Å². The molecule has 0 aliphatic carbocycles. The summed E-state index contributed by atoms with van der Waals surface area (Å²) in [5.41, 5.74) is 4.72. The molecule has 0 radical (unpaired) electrons. The molecule has 0 bridgehead atoms. The zero-order valence-corrected chi connectivity index (χ0v) is 18.1. The summed E-state index contributed by atoms with van der Waals surface area (Å²) in [4.78, 5) is 24.2. The summed E-state index contributed by atoms with van der Waals surface area (Å²) in [5.74, 6) is 2.04. The number of hydrogen-bond donors (Lipinski definition) is 1. The van der Waals surface area contributed by atoms with Crippen molar-refractivity contribution in [3.05, 3.63) is 58.7 Å². The number of para-hydroxylation sites is 1. The van der Waals surface area contributed by atoms with Crippen molar-refractivity contribution in [2.24, 2.45) is 0 Å². The van der Waals surface area contributed by atoms with Gasteiger partial charge in [-0.1, -0.05) is 32.0 Å². The number of hydrogen-bond acceptors (Lipinski definition) is 4. The highest BCUT2D eigenvalue weighted by Gasteiger charge is 2.13. The largest absolute Gasteiger partial charge is 0.494 e. The van der Waals surface area contributed by atoms with Crippen LogP contribution in [-0.2, 0) is 10.5 Å². The fourth-order valence-electron chi connectivity index (χ4n) is 2.98. The average molecular weight is 400 g/mol. The Morgan fingerprint density at radius 3 is 2.57 bits per heavy atom. The molecule has 1 N–H and O–H groups in total. The molecule has 2 aromatic carbocycles. The molecule has 0 saturated carbocycles. The number of Topliss-reactive ketones (excluding diaryl/α,β-unsaturated/α-hetero) is 1. The quantitative estimate of drug-likeness (QED) is 0.558. The molecular weight excluding hydrogens is 370 g/mol. The van der Waals surface area contributed by atoms with E-state index in [1.54, 1.807) is 13.0 Å². The van der Waals surface area contributed by atoms with Gasteiger partial charge in [0.05, 0.1) is 12.4 Å². The minimum Gasteiger partial charge on any atom is -0.494 e. The Labute approximate surface area is 172 Å². The van der Waals surface area contributed by atoms with Crippen LogP contribution in [0.3, 0.4) is 0 Å². The van der Waals surface area contributed by atoms with Crippen molar-refractivity contribution >= 4 is 29.1 Å². The smallest absolute Gasteiger partial charge is 0.234 e. The van der Waals surface area contributed by atoms with Crippen LogP contribution in [0.1, 0.15) is 60.7 Å². The standard InChI is InChI=1S/C23H29NO3S/c1-6-27-21-11-10-18(17(5)25)12-19(21)13-28-14-22(26)24-23-16(4)8-7-9-20(23)15(2)3/h7-12,15H,6,13-14H2,1-5H3,(H,24,26). The van der Waals surface area contributed by atoms with Crippen molar-refractivity contribution in [1.29, 1.82) is 0 Å². The van der Waals surface area contributed by atoms with Crippen LogP contribution in [0.4, 0.5) is 5.69 Å². The number of aryl methyl sites for hydroxylation is 1. The van der Waals surface area contributed by atoms with Crippen molar-refractivity contribution < 1.29 is 14.3 Å². The molecule has 4 nitrogen and oxygen atoms in total. The maximum absolute atomic E-state index is 12.5. The van der Waals surface area contributed by atoms with Crippen molar-refractivity contribution in [3.63, 3.8) is 0 Å². The van der Waals surface area contributed by atoms with Gasteiger partial charge < -0.3 is 10.1 Å². The Bertz CT molecular complexity index is 846. The molecule has 0 atom stereocenters. The summed E-state index contributed by atoms with van der Waals surface area (Å²) >= 11 is 1.51. The molecule has 0 aliphatic rings. The second-order valence-electron chi connectivity index (χ2n) is 7.05. The zero-order valence-electron chi connectivity index (χ0n) is 17.3. The fraction of sp³-hybridized carbons (Fsp3) is 0.391. The number of carbonyl (C=O) groups is 2. The Morgan fingerprint density at radius 2 is 1.93 bits per heavy atom. The minimum absolute atomic E-state index is 0.0211. The first-order valence-electron chi connectivity index (χ1n) is 9.57. The van der Waals surface area contributed by atoms with Crippen molar-refractivity contribution in [1.82, 2.24) is 0 Å². The second-order valence-corrected chi connectivity index (χ2v) is 8.03. The lowest BCUT2D eigenvalue weighted by atomic mass is 9.98. The van der Waals surface area contributed by atoms with E-state index in [-0.39, 0.29) is 11.7 Å². The first-order valence-corrected chi connectivity index (χ1v) is 10.7. The van der Waals surface area contributed by atoms with Crippen LogP contribution < -0.4 is 10.1 Å². The van der Waals surface area contributed by atoms with Crippen molar-refractivity contribution in [2.75, 3.05) is 17.7 Å². The minimum atomic E-state index is -0.0260. The second kappa shape index (κ2) is 10.3. The van der Waals surface area contributed by atoms with Gasteiger partial charge in [0.2, 0.25) is 5.91 Å². The summed E-state index contributed by atoms with van der Waals surface area (Å²) in [7, 11) is 0. The van der Waals surface area contributed by atoms with Gasteiger partial charge >= 0.3 is 0 Å². The van der Waals surface area contributed by atoms with Gasteiger partial charge in [-0.25, -0.2) is 0 Å². The van der Waals surface area contributed by atoms with Crippen molar-refractivity contribution in [3.8, 4) is 5.75 Å². The highest BCUT2D eigenvalue weighted by Crippen LogP contribution is 2.28. The van der Waals surface area contributed by atoms with Gasteiger partial charge in [0.15, 0.2) is 5.78 Å². The van der Waals surface area contributed by atoms with E-state index in [1.807, 2.05) is 38.1 Å². The zero-order chi connectivity index (χ0) is 20.7. The molecular formula is C23H29NO3S. The normalized spacial score (nSPS) is 10.8. The van der Waals surface area contributed by atoms with Gasteiger partial charge in [-0.15, -0.1) is 11.8 Å². The topological polar surface area (TPSA) is 55.4 Å². The first kappa shape index (κ1) is 22.0. The van der Waals surface area contributed by atoms with Gasteiger partial charge in [-0.05, 0) is 56.0 Å². The molecule has 2 aromatic rings. The number of benzene rings is 2. The number of nitrogens with one attached hydrogen (secondary N) is 1. The molecule has 0 aromatic heterocycles. The summed E-state index contributed by atoms with van der Waals surface area (Å²) in [6, 6.07) is 11.6. The lowest BCUT2D eigenvalue weighted by Gasteiger charge is -2.16. The molecule has 0 heterocycles. The van der Waals surface area contributed by atoms with Crippen LogP contribution in [0.2, 0.25) is 0 Å². The van der Waals surface area contributed by atoms with E-state index in [9.17, 15) is 9.59 Å². The van der Waals surface area contributed by atoms with Crippen LogP contribution >= 0.6 is 11.8 Å². The van der Waals surface area contributed by atoms with Crippen LogP contribution in [0, 0.1) is 6.92 Å². The maximum Gasteiger partial charge on any atom is 0.234 e. The SMILES string of the molecule is CCOc1ccc(C(C)=O)cc1CSCC(=O)Nc1c(C)cccc1C(C)C. The van der Waals surface area contributed by atoms with Gasteiger partial charge in [-0.3, -0.25) is 9.59 Å². The van der Waals surface area contributed by atoms with E-state index in [2.05, 4.69) is 25.2 Å². The molecule has 1 amide bonds. The lowest BCUT2D eigenvalue weighted by molar-refractivity contribution is -0.113. The van der Waals surface area contributed by atoms with E-state index in [0.29, 0.717) is 29.6 Å². The number of ether oxygens (including phenoxy) is 1. The third kappa shape index (κ3) is 5.86. The molecule has 0 unspecified atom stereocenters.